The van der Waals surface area contributed by atoms with Crippen molar-refractivity contribution >= 4 is 11.4 Å². The van der Waals surface area contributed by atoms with Gasteiger partial charge in [-0.1, -0.05) is 26.0 Å². The van der Waals surface area contributed by atoms with Gasteiger partial charge in [-0.2, -0.15) is 8.78 Å². The van der Waals surface area contributed by atoms with Crippen molar-refractivity contribution in [1.29, 1.82) is 0 Å². The molecule has 0 aromatic heterocycles. The summed E-state index contributed by atoms with van der Waals surface area (Å²) in [4.78, 5) is 4.90. The molecule has 0 radical (unpaired) electrons. The van der Waals surface area contributed by atoms with Crippen LogP contribution in [0.15, 0.2) is 47.5 Å². The van der Waals surface area contributed by atoms with Gasteiger partial charge in [-0.15, -0.1) is 0 Å². The molecule has 0 unspecified atom stereocenters. The number of nitrogens with two attached hydrogens (primary N) is 1. The Labute approximate surface area is 154 Å². The Morgan fingerprint density at radius 3 is 2.35 bits per heavy atom. The molecule has 1 aromatic carbocycles. The van der Waals surface area contributed by atoms with Crippen molar-refractivity contribution in [1.82, 2.24) is 0 Å². The van der Waals surface area contributed by atoms with Crippen LogP contribution in [0.3, 0.4) is 0 Å². The van der Waals surface area contributed by atoms with Crippen molar-refractivity contribution in [2.45, 2.75) is 58.6 Å². The van der Waals surface area contributed by atoms with Crippen LogP contribution in [-0.4, -0.2) is 17.9 Å². The van der Waals surface area contributed by atoms with Crippen molar-refractivity contribution in [3.05, 3.63) is 48.1 Å². The van der Waals surface area contributed by atoms with E-state index >= 15 is 0 Å². The summed E-state index contributed by atoms with van der Waals surface area (Å²) < 4.78 is 30.3. The van der Waals surface area contributed by atoms with Crippen LogP contribution in [0.5, 0.6) is 5.75 Å². The number of hydrogen-bond acceptors (Lipinski definition) is 3. The van der Waals surface area contributed by atoms with Gasteiger partial charge < -0.3 is 10.5 Å². The highest BCUT2D eigenvalue weighted by atomic mass is 19.3. The molecule has 0 heterocycles. The molecule has 3 nitrogen and oxygen atoms in total. The number of aliphatic imine (C=N–C) groups is 1. The van der Waals surface area contributed by atoms with E-state index in [-0.39, 0.29) is 11.7 Å². The average Bonchev–Trinajstić information content (AvgIpc) is 2.55. The zero-order valence-corrected chi connectivity index (χ0v) is 15.8. The molecule has 142 valence electrons. The fourth-order valence-electron chi connectivity index (χ4n) is 2.87. The number of benzene rings is 1. The van der Waals surface area contributed by atoms with Crippen molar-refractivity contribution in [3.8, 4) is 5.75 Å². The van der Waals surface area contributed by atoms with Crippen molar-refractivity contribution in [2.24, 2.45) is 16.6 Å². The smallest absolute Gasteiger partial charge is 0.394 e. The predicted octanol–water partition coefficient (Wildman–Crippen LogP) is 5.57. The second kappa shape index (κ2) is 8.47. The minimum absolute atomic E-state index is 0.106. The van der Waals surface area contributed by atoms with Crippen LogP contribution in [0.25, 0.3) is 5.70 Å². The number of nitrogens with zero attached hydrogens (tertiary/aromatic N) is 1. The van der Waals surface area contributed by atoms with E-state index in [1.165, 1.54) is 17.7 Å². The van der Waals surface area contributed by atoms with Crippen LogP contribution in [-0.2, 0) is 0 Å². The van der Waals surface area contributed by atoms with E-state index in [1.54, 1.807) is 12.1 Å². The van der Waals surface area contributed by atoms with Gasteiger partial charge in [0.2, 0.25) is 0 Å². The highest BCUT2D eigenvalue weighted by Crippen LogP contribution is 2.26. The van der Waals surface area contributed by atoms with E-state index in [9.17, 15) is 8.78 Å². The van der Waals surface area contributed by atoms with Crippen LogP contribution in [0.2, 0.25) is 0 Å². The molecule has 26 heavy (non-hydrogen) atoms. The Morgan fingerprint density at radius 1 is 1.27 bits per heavy atom. The molecule has 0 spiro atoms. The number of halogens is 2. The van der Waals surface area contributed by atoms with Gasteiger partial charge in [0.05, 0.1) is 6.04 Å². The molecule has 1 fully saturated rings. The first-order valence-corrected chi connectivity index (χ1v) is 9.03. The van der Waals surface area contributed by atoms with Crippen molar-refractivity contribution in [3.63, 3.8) is 0 Å². The predicted molar refractivity (Wildman–Crippen MR) is 104 cm³/mol. The van der Waals surface area contributed by atoms with Crippen LogP contribution < -0.4 is 10.5 Å². The minimum atomic E-state index is -3.20. The van der Waals surface area contributed by atoms with Crippen molar-refractivity contribution < 1.29 is 13.5 Å². The maximum absolute atomic E-state index is 12.9. The Balaban J connectivity index is 2.15. The van der Waals surface area contributed by atoms with E-state index in [0.717, 1.165) is 37.0 Å². The molecule has 0 atom stereocenters. The monoisotopic (exact) mass is 362 g/mol. The third-order valence-electron chi connectivity index (χ3n) is 4.37. The molecular formula is C21H28F2N2O. The number of allylic oxidation sites excluding steroid dienone is 2. The molecule has 1 saturated carbocycles. The lowest BCUT2D eigenvalue weighted by atomic mass is 9.92. The van der Waals surface area contributed by atoms with Crippen LogP contribution in [0, 0.1) is 5.92 Å². The minimum Gasteiger partial charge on any atom is -0.433 e. The van der Waals surface area contributed by atoms with E-state index < -0.39 is 6.11 Å². The summed E-state index contributed by atoms with van der Waals surface area (Å²) in [5, 5.41) is 0. The summed E-state index contributed by atoms with van der Waals surface area (Å²) in [7, 11) is 0. The molecular weight excluding hydrogens is 334 g/mol. The molecule has 2 N–H and O–H groups in total. The maximum atomic E-state index is 12.9. The SMILES string of the molecule is C=C1CCC(N=C(/C=C(\N)c2ccc(OC(C)(F)F)cc2)C(C)C)CC1. The fraction of sp³-hybridized carbons (Fsp3) is 0.476. The average molecular weight is 362 g/mol. The maximum Gasteiger partial charge on any atom is 0.394 e. The van der Waals surface area contributed by atoms with E-state index in [1.807, 2.05) is 6.08 Å². The van der Waals surface area contributed by atoms with Gasteiger partial charge in [-0.25, -0.2) is 0 Å². The summed E-state index contributed by atoms with van der Waals surface area (Å²) in [5.74, 6) is 0.356. The first kappa shape index (κ1) is 20.1. The largest absolute Gasteiger partial charge is 0.433 e. The summed E-state index contributed by atoms with van der Waals surface area (Å²) in [6, 6.07) is 6.65. The van der Waals surface area contributed by atoms with E-state index in [0.29, 0.717) is 18.7 Å². The lowest BCUT2D eigenvalue weighted by Crippen LogP contribution is -2.19. The topological polar surface area (TPSA) is 47.6 Å². The zero-order chi connectivity index (χ0) is 19.3. The zero-order valence-electron chi connectivity index (χ0n) is 15.8. The summed E-state index contributed by atoms with van der Waals surface area (Å²) in [6.45, 7) is 8.93. The highest BCUT2D eigenvalue weighted by molar-refractivity contribution is 6.01. The third-order valence-corrected chi connectivity index (χ3v) is 4.37. The number of alkyl halides is 2. The second-order valence-corrected chi connectivity index (χ2v) is 7.22. The van der Waals surface area contributed by atoms with Gasteiger partial charge >= 0.3 is 6.11 Å². The van der Waals surface area contributed by atoms with Gasteiger partial charge in [0.1, 0.15) is 5.75 Å². The first-order chi connectivity index (χ1) is 12.1. The lowest BCUT2D eigenvalue weighted by molar-refractivity contribution is -0.158. The summed E-state index contributed by atoms with van der Waals surface area (Å²) >= 11 is 0. The fourth-order valence-corrected chi connectivity index (χ4v) is 2.87. The summed E-state index contributed by atoms with van der Waals surface area (Å²) in [5.41, 5.74) is 9.79. The Hall–Kier alpha value is -2.17. The van der Waals surface area contributed by atoms with Crippen molar-refractivity contribution in [2.75, 3.05) is 0 Å². The second-order valence-electron chi connectivity index (χ2n) is 7.22. The summed E-state index contributed by atoms with van der Waals surface area (Å²) in [6.07, 6.45) is 2.80. The molecule has 0 aliphatic heterocycles. The van der Waals surface area contributed by atoms with E-state index in [2.05, 4.69) is 25.2 Å². The molecule has 2 rings (SSSR count). The lowest BCUT2D eigenvalue weighted by Gasteiger charge is -2.21. The van der Waals surface area contributed by atoms with Crippen LogP contribution >= 0.6 is 0 Å². The quantitative estimate of drug-likeness (QED) is 0.531. The molecule has 0 bridgehead atoms. The Kier molecular flexibility index (Phi) is 6.57. The highest BCUT2D eigenvalue weighted by Gasteiger charge is 2.23. The third kappa shape index (κ3) is 6.28. The molecule has 0 amide bonds. The molecule has 0 saturated heterocycles. The number of hydrogen-bond donors (Lipinski definition) is 1. The number of rotatable bonds is 6. The van der Waals surface area contributed by atoms with Gasteiger partial charge in [0.15, 0.2) is 0 Å². The number of ether oxygens (including phenoxy) is 1. The first-order valence-electron chi connectivity index (χ1n) is 9.03. The Bertz CT molecular complexity index is 675. The molecule has 5 heteroatoms. The standard InChI is InChI=1S/C21H28F2N2O/c1-14(2)20(25-17-9-5-15(3)6-10-17)13-19(24)16-7-11-18(12-8-16)26-21(4,22)23/h7-8,11-14,17H,3,5-6,9-10,24H2,1-2,4H3/b19-13-,25-20?. The molecule has 1 aliphatic rings. The van der Waals surface area contributed by atoms with Gasteiger partial charge in [0, 0.05) is 18.3 Å². The van der Waals surface area contributed by atoms with Gasteiger partial charge in [-0.05, 0) is 67.5 Å². The van der Waals surface area contributed by atoms with E-state index in [4.69, 9.17) is 10.7 Å². The van der Waals surface area contributed by atoms with Crippen LogP contribution in [0.1, 0.15) is 52.0 Å². The molecule has 1 aromatic rings. The normalized spacial score (nSPS) is 17.7. The van der Waals surface area contributed by atoms with Gasteiger partial charge in [-0.3, -0.25) is 4.99 Å². The Morgan fingerprint density at radius 2 is 1.85 bits per heavy atom. The molecule has 1 aliphatic carbocycles. The van der Waals surface area contributed by atoms with Crippen LogP contribution in [0.4, 0.5) is 8.78 Å². The van der Waals surface area contributed by atoms with Gasteiger partial charge in [0.25, 0.3) is 0 Å².